The van der Waals surface area contributed by atoms with Gasteiger partial charge in [0.05, 0.1) is 6.61 Å². The maximum atomic E-state index is 12.7. The molecule has 0 amide bonds. The normalized spacial score (nSPS) is 22.0. The van der Waals surface area contributed by atoms with Crippen LogP contribution in [0.3, 0.4) is 0 Å². The third-order valence-corrected chi connectivity index (χ3v) is 4.91. The summed E-state index contributed by atoms with van der Waals surface area (Å²) >= 11 is 0. The predicted octanol–water partition coefficient (Wildman–Crippen LogP) is 4.03. The second-order valence-electron chi connectivity index (χ2n) is 7.30. The summed E-state index contributed by atoms with van der Waals surface area (Å²) in [6.45, 7) is 11.2. The van der Waals surface area contributed by atoms with Crippen molar-refractivity contribution in [1.29, 1.82) is 0 Å². The summed E-state index contributed by atoms with van der Waals surface area (Å²) in [5, 5.41) is 0. The maximum Gasteiger partial charge on any atom is 0.321 e. The summed E-state index contributed by atoms with van der Waals surface area (Å²) in [6, 6.07) is 4.03. The summed E-state index contributed by atoms with van der Waals surface area (Å²) in [5.41, 5.74) is 3.89. The van der Waals surface area contributed by atoms with Crippen LogP contribution in [0.4, 0.5) is 0 Å². The van der Waals surface area contributed by atoms with Gasteiger partial charge in [-0.3, -0.25) is 9.59 Å². The molecule has 1 aliphatic rings. The number of aryl methyl sites for hydroxylation is 3. The first-order chi connectivity index (χ1) is 11.8. The Morgan fingerprint density at radius 3 is 2.40 bits per heavy atom. The number of unbranched alkanes of at least 4 members (excludes halogenated alkanes) is 1. The largest absolute Gasteiger partial charge is 0.461 e. The molecule has 0 radical (unpaired) electrons. The Hall–Kier alpha value is -1.68. The Balaban J connectivity index is 2.08. The zero-order chi connectivity index (χ0) is 18.6. The zero-order valence-electron chi connectivity index (χ0n) is 16.1. The van der Waals surface area contributed by atoms with Crippen LogP contribution in [0.15, 0.2) is 12.1 Å². The van der Waals surface area contributed by atoms with E-state index >= 15 is 0 Å². The van der Waals surface area contributed by atoms with E-state index in [-0.39, 0.29) is 24.2 Å². The highest BCUT2D eigenvalue weighted by atomic mass is 16.5. The lowest BCUT2D eigenvalue weighted by molar-refractivity contribution is -0.164. The van der Waals surface area contributed by atoms with Crippen molar-refractivity contribution in [2.75, 3.05) is 13.2 Å². The highest BCUT2D eigenvalue weighted by molar-refractivity contribution is 6.06. The molecule has 0 aromatic heterocycles. The van der Waals surface area contributed by atoms with Crippen LogP contribution in [-0.4, -0.2) is 31.1 Å². The first-order valence-electron chi connectivity index (χ1n) is 9.23. The molecule has 2 rings (SSSR count). The van der Waals surface area contributed by atoms with Crippen LogP contribution >= 0.6 is 0 Å². The van der Waals surface area contributed by atoms with Gasteiger partial charge in [0.2, 0.25) is 0 Å². The number of ether oxygens (including phenoxy) is 2. The van der Waals surface area contributed by atoms with Crippen molar-refractivity contribution in [3.8, 4) is 0 Å². The lowest BCUT2D eigenvalue weighted by Crippen LogP contribution is -2.41. The average molecular weight is 346 g/mol. The molecule has 3 unspecified atom stereocenters. The molecule has 1 fully saturated rings. The molecule has 1 heterocycles. The SMILES string of the molecule is CCCCOCC(C)C1CC(=O)C(c2c(C)cc(C)cc2C)C(=O)O1. The molecule has 1 saturated heterocycles. The molecule has 4 heteroatoms. The number of cyclic esters (lactones) is 1. The van der Waals surface area contributed by atoms with Gasteiger partial charge in [0.25, 0.3) is 0 Å². The Morgan fingerprint density at radius 1 is 1.20 bits per heavy atom. The number of carbonyl (C=O) groups is 2. The van der Waals surface area contributed by atoms with Crippen molar-refractivity contribution in [2.45, 2.75) is 65.9 Å². The fourth-order valence-corrected chi connectivity index (χ4v) is 3.57. The number of ketones is 1. The smallest absolute Gasteiger partial charge is 0.321 e. The zero-order valence-corrected chi connectivity index (χ0v) is 16.1. The standard InChI is InChI=1S/C21H30O4/c1-6-7-8-24-12-16(5)18-11-17(22)20(21(23)25-18)19-14(3)9-13(2)10-15(19)4/h9-10,16,18,20H,6-8,11-12H2,1-5H3. The molecule has 25 heavy (non-hydrogen) atoms. The number of hydrogen-bond donors (Lipinski definition) is 0. The van der Waals surface area contributed by atoms with Crippen molar-refractivity contribution in [3.63, 3.8) is 0 Å². The van der Waals surface area contributed by atoms with Crippen molar-refractivity contribution >= 4 is 11.8 Å². The minimum Gasteiger partial charge on any atom is -0.461 e. The molecule has 0 spiro atoms. The highest BCUT2D eigenvalue weighted by Gasteiger charge is 2.41. The molecule has 1 aromatic carbocycles. The van der Waals surface area contributed by atoms with Gasteiger partial charge in [-0.25, -0.2) is 0 Å². The number of rotatable bonds is 7. The summed E-state index contributed by atoms with van der Waals surface area (Å²) in [5.74, 6) is -1.23. The van der Waals surface area contributed by atoms with Gasteiger partial charge in [0.1, 0.15) is 12.0 Å². The van der Waals surface area contributed by atoms with E-state index < -0.39 is 11.9 Å². The van der Waals surface area contributed by atoms with Gasteiger partial charge in [0, 0.05) is 18.9 Å². The van der Waals surface area contributed by atoms with Crippen molar-refractivity contribution in [2.24, 2.45) is 5.92 Å². The van der Waals surface area contributed by atoms with Gasteiger partial charge in [-0.1, -0.05) is 38.0 Å². The van der Waals surface area contributed by atoms with Crippen LogP contribution in [0.5, 0.6) is 0 Å². The quantitative estimate of drug-likeness (QED) is 0.425. The van der Waals surface area contributed by atoms with Crippen LogP contribution in [0, 0.1) is 26.7 Å². The van der Waals surface area contributed by atoms with E-state index in [1.165, 1.54) is 0 Å². The number of Topliss-reactive ketones (excluding diaryl/α,β-unsaturated/α-hetero) is 1. The minimum absolute atomic E-state index is 0.0194. The van der Waals surface area contributed by atoms with E-state index in [0.29, 0.717) is 13.2 Å². The summed E-state index contributed by atoms with van der Waals surface area (Å²) in [7, 11) is 0. The monoisotopic (exact) mass is 346 g/mol. The van der Waals surface area contributed by atoms with Gasteiger partial charge >= 0.3 is 5.97 Å². The molecular weight excluding hydrogens is 316 g/mol. The molecule has 0 aliphatic carbocycles. The summed E-state index contributed by atoms with van der Waals surface area (Å²) in [6.07, 6.45) is 1.98. The third-order valence-electron chi connectivity index (χ3n) is 4.91. The first kappa shape index (κ1) is 19.6. The van der Waals surface area contributed by atoms with Crippen LogP contribution in [0.2, 0.25) is 0 Å². The van der Waals surface area contributed by atoms with Crippen LogP contribution in [0.25, 0.3) is 0 Å². The lowest BCUT2D eigenvalue weighted by Gasteiger charge is -2.32. The van der Waals surface area contributed by atoms with Crippen LogP contribution < -0.4 is 0 Å². The molecule has 0 N–H and O–H groups in total. The Bertz CT molecular complexity index is 594. The second-order valence-corrected chi connectivity index (χ2v) is 7.30. The van der Waals surface area contributed by atoms with Crippen molar-refractivity contribution < 1.29 is 19.1 Å². The molecule has 138 valence electrons. The van der Waals surface area contributed by atoms with E-state index in [2.05, 4.69) is 6.92 Å². The molecule has 3 atom stereocenters. The van der Waals surface area contributed by atoms with E-state index in [1.807, 2.05) is 39.8 Å². The lowest BCUT2D eigenvalue weighted by atomic mass is 9.82. The van der Waals surface area contributed by atoms with Gasteiger partial charge in [-0.15, -0.1) is 0 Å². The van der Waals surface area contributed by atoms with Gasteiger partial charge in [-0.2, -0.15) is 0 Å². The van der Waals surface area contributed by atoms with E-state index in [0.717, 1.165) is 35.1 Å². The number of hydrogen-bond acceptors (Lipinski definition) is 4. The first-order valence-corrected chi connectivity index (χ1v) is 9.23. The molecule has 0 saturated carbocycles. The second kappa shape index (κ2) is 8.61. The van der Waals surface area contributed by atoms with Gasteiger partial charge in [-0.05, 0) is 43.9 Å². The highest BCUT2D eigenvalue weighted by Crippen LogP contribution is 2.33. The Kier molecular flexibility index (Phi) is 6.77. The molecular formula is C21H30O4. The van der Waals surface area contributed by atoms with Crippen LogP contribution in [-0.2, 0) is 19.1 Å². The summed E-state index contributed by atoms with van der Waals surface area (Å²) in [4.78, 5) is 25.3. The Morgan fingerprint density at radius 2 is 1.84 bits per heavy atom. The predicted molar refractivity (Wildman–Crippen MR) is 97.8 cm³/mol. The summed E-state index contributed by atoms with van der Waals surface area (Å²) < 4.78 is 11.3. The fourth-order valence-electron chi connectivity index (χ4n) is 3.57. The molecule has 0 bridgehead atoms. The maximum absolute atomic E-state index is 12.7. The van der Waals surface area contributed by atoms with Crippen molar-refractivity contribution in [1.82, 2.24) is 0 Å². The van der Waals surface area contributed by atoms with Gasteiger partial charge in [0.15, 0.2) is 5.78 Å². The average Bonchev–Trinajstić information content (AvgIpc) is 2.52. The fraction of sp³-hybridized carbons (Fsp3) is 0.619. The van der Waals surface area contributed by atoms with Gasteiger partial charge < -0.3 is 9.47 Å². The molecule has 1 aromatic rings. The Labute approximate surface area is 150 Å². The van der Waals surface area contributed by atoms with E-state index in [4.69, 9.17) is 9.47 Å². The van der Waals surface area contributed by atoms with E-state index in [1.54, 1.807) is 0 Å². The topological polar surface area (TPSA) is 52.6 Å². The molecule has 1 aliphatic heterocycles. The number of benzene rings is 1. The number of carbonyl (C=O) groups excluding carboxylic acids is 2. The minimum atomic E-state index is -0.787. The molecule has 4 nitrogen and oxygen atoms in total. The van der Waals surface area contributed by atoms with E-state index in [9.17, 15) is 9.59 Å². The van der Waals surface area contributed by atoms with Crippen molar-refractivity contribution in [3.05, 3.63) is 34.4 Å². The van der Waals surface area contributed by atoms with Crippen LogP contribution in [0.1, 0.15) is 61.3 Å². The number of esters is 1. The third kappa shape index (κ3) is 4.69.